The molecule has 5 heteroatoms. The van der Waals surface area contributed by atoms with Crippen molar-refractivity contribution < 1.29 is 9.13 Å². The summed E-state index contributed by atoms with van der Waals surface area (Å²) in [7, 11) is 0. The second-order valence-corrected chi connectivity index (χ2v) is 3.82. The first kappa shape index (κ1) is 13.0. The van der Waals surface area contributed by atoms with Gasteiger partial charge in [0.2, 0.25) is 0 Å². The van der Waals surface area contributed by atoms with E-state index in [1.807, 2.05) is 0 Å². The fourth-order valence-electron chi connectivity index (χ4n) is 1.74. The Morgan fingerprint density at radius 2 is 2.26 bits per heavy atom. The molecular formula is C14H12FN3O. The molecule has 0 aliphatic rings. The van der Waals surface area contributed by atoms with Crippen molar-refractivity contribution in [3.8, 4) is 11.8 Å². The van der Waals surface area contributed by atoms with E-state index in [1.165, 1.54) is 30.7 Å². The standard InChI is InChI=1S/C14H12FN3O/c1-2-19-14-4-3-10(7-12(14)15)11(8-16)13-9-17-5-6-18-13/h3-7,9,11H,2H2,1H3. The van der Waals surface area contributed by atoms with E-state index in [1.54, 1.807) is 13.0 Å². The van der Waals surface area contributed by atoms with Crippen LogP contribution in [0.1, 0.15) is 24.1 Å². The van der Waals surface area contributed by atoms with E-state index in [0.29, 0.717) is 17.9 Å². The van der Waals surface area contributed by atoms with Gasteiger partial charge in [-0.15, -0.1) is 0 Å². The van der Waals surface area contributed by atoms with Crippen LogP contribution in [0.15, 0.2) is 36.8 Å². The summed E-state index contributed by atoms with van der Waals surface area (Å²) in [5, 5.41) is 9.22. The molecule has 2 aromatic rings. The van der Waals surface area contributed by atoms with Gasteiger partial charge in [0.05, 0.1) is 24.6 Å². The Hall–Kier alpha value is -2.48. The van der Waals surface area contributed by atoms with Crippen LogP contribution in [0.2, 0.25) is 0 Å². The molecule has 0 aliphatic heterocycles. The summed E-state index contributed by atoms with van der Waals surface area (Å²) < 4.78 is 18.9. The Labute approximate surface area is 110 Å². The van der Waals surface area contributed by atoms with Gasteiger partial charge in [0.1, 0.15) is 5.92 Å². The van der Waals surface area contributed by atoms with Gasteiger partial charge >= 0.3 is 0 Å². The highest BCUT2D eigenvalue weighted by atomic mass is 19.1. The van der Waals surface area contributed by atoms with Crippen LogP contribution in [0.5, 0.6) is 5.75 Å². The number of nitriles is 1. The van der Waals surface area contributed by atoms with Gasteiger partial charge < -0.3 is 4.74 Å². The van der Waals surface area contributed by atoms with E-state index in [2.05, 4.69) is 16.0 Å². The third-order valence-electron chi connectivity index (χ3n) is 2.60. The lowest BCUT2D eigenvalue weighted by Crippen LogP contribution is -2.03. The molecule has 0 amide bonds. The number of aromatic nitrogens is 2. The maximum atomic E-state index is 13.8. The van der Waals surface area contributed by atoms with E-state index in [9.17, 15) is 9.65 Å². The van der Waals surface area contributed by atoms with Crippen LogP contribution in [0.3, 0.4) is 0 Å². The van der Waals surface area contributed by atoms with Crippen molar-refractivity contribution in [1.29, 1.82) is 5.26 Å². The van der Waals surface area contributed by atoms with Crippen molar-refractivity contribution >= 4 is 0 Å². The summed E-state index contributed by atoms with van der Waals surface area (Å²) in [4.78, 5) is 7.99. The maximum absolute atomic E-state index is 13.8. The third-order valence-corrected chi connectivity index (χ3v) is 2.60. The fourth-order valence-corrected chi connectivity index (χ4v) is 1.74. The van der Waals surface area contributed by atoms with Gasteiger partial charge in [-0.3, -0.25) is 9.97 Å². The second kappa shape index (κ2) is 5.91. The van der Waals surface area contributed by atoms with Gasteiger partial charge in [-0.05, 0) is 24.6 Å². The number of rotatable bonds is 4. The first-order chi connectivity index (χ1) is 9.26. The molecule has 2 rings (SSSR count). The Morgan fingerprint density at radius 3 is 2.84 bits per heavy atom. The Bertz CT molecular complexity index is 595. The quantitative estimate of drug-likeness (QED) is 0.844. The topological polar surface area (TPSA) is 58.8 Å². The van der Waals surface area contributed by atoms with Gasteiger partial charge in [-0.1, -0.05) is 6.07 Å². The number of halogens is 1. The molecule has 1 heterocycles. The molecule has 4 nitrogen and oxygen atoms in total. The fraction of sp³-hybridized carbons (Fsp3) is 0.214. The Balaban J connectivity index is 2.35. The van der Waals surface area contributed by atoms with Crippen molar-refractivity contribution in [1.82, 2.24) is 9.97 Å². The molecule has 0 fully saturated rings. The van der Waals surface area contributed by atoms with Gasteiger partial charge in [0.15, 0.2) is 11.6 Å². The highest BCUT2D eigenvalue weighted by molar-refractivity contribution is 5.38. The molecule has 1 atom stereocenters. The maximum Gasteiger partial charge on any atom is 0.165 e. The summed E-state index contributed by atoms with van der Waals surface area (Å²) >= 11 is 0. The minimum atomic E-state index is -0.640. The molecule has 1 aromatic heterocycles. The summed E-state index contributed by atoms with van der Waals surface area (Å²) in [6.45, 7) is 2.17. The van der Waals surface area contributed by atoms with E-state index < -0.39 is 11.7 Å². The molecule has 19 heavy (non-hydrogen) atoms. The molecule has 1 aromatic carbocycles. The van der Waals surface area contributed by atoms with Crippen LogP contribution in [0, 0.1) is 17.1 Å². The molecule has 96 valence electrons. The van der Waals surface area contributed by atoms with Crippen molar-refractivity contribution in [2.24, 2.45) is 0 Å². The Morgan fingerprint density at radius 1 is 1.42 bits per heavy atom. The number of ether oxygens (including phenoxy) is 1. The summed E-state index contributed by atoms with van der Waals surface area (Å²) in [5.41, 5.74) is 1.03. The minimum absolute atomic E-state index is 0.182. The lowest BCUT2D eigenvalue weighted by atomic mass is 9.97. The van der Waals surface area contributed by atoms with Crippen molar-refractivity contribution in [3.05, 3.63) is 53.9 Å². The zero-order chi connectivity index (χ0) is 13.7. The molecule has 0 bridgehead atoms. The van der Waals surface area contributed by atoms with Crippen LogP contribution in [0.4, 0.5) is 4.39 Å². The van der Waals surface area contributed by atoms with Gasteiger partial charge in [0.25, 0.3) is 0 Å². The lowest BCUT2D eigenvalue weighted by molar-refractivity contribution is 0.321. The normalized spacial score (nSPS) is 11.6. The monoisotopic (exact) mass is 257 g/mol. The number of nitrogens with zero attached hydrogens (tertiary/aromatic N) is 3. The first-order valence-corrected chi connectivity index (χ1v) is 5.84. The predicted octanol–water partition coefficient (Wildman–Crippen LogP) is 2.67. The SMILES string of the molecule is CCOc1ccc(C(C#N)c2cnccn2)cc1F. The molecule has 0 radical (unpaired) electrons. The number of benzene rings is 1. The average molecular weight is 257 g/mol. The second-order valence-electron chi connectivity index (χ2n) is 3.82. The molecule has 0 spiro atoms. The van der Waals surface area contributed by atoms with Crippen LogP contribution in [-0.2, 0) is 0 Å². The summed E-state index contributed by atoms with van der Waals surface area (Å²) in [5.74, 6) is -0.940. The molecule has 0 aliphatic carbocycles. The Kier molecular flexibility index (Phi) is 4.04. The zero-order valence-electron chi connectivity index (χ0n) is 10.4. The van der Waals surface area contributed by atoms with Crippen LogP contribution in [0.25, 0.3) is 0 Å². The zero-order valence-corrected chi connectivity index (χ0v) is 10.4. The summed E-state index contributed by atoms with van der Waals surface area (Å²) in [6.07, 6.45) is 4.53. The molecular weight excluding hydrogens is 245 g/mol. The van der Waals surface area contributed by atoms with E-state index >= 15 is 0 Å². The number of hydrogen-bond donors (Lipinski definition) is 0. The van der Waals surface area contributed by atoms with Gasteiger partial charge in [-0.2, -0.15) is 5.26 Å². The van der Waals surface area contributed by atoms with Crippen LogP contribution < -0.4 is 4.74 Å². The van der Waals surface area contributed by atoms with Crippen LogP contribution >= 0.6 is 0 Å². The first-order valence-electron chi connectivity index (χ1n) is 5.84. The molecule has 0 saturated carbocycles. The average Bonchev–Trinajstić information content (AvgIpc) is 2.44. The van der Waals surface area contributed by atoms with Crippen molar-refractivity contribution in [3.63, 3.8) is 0 Å². The highest BCUT2D eigenvalue weighted by Crippen LogP contribution is 2.26. The minimum Gasteiger partial charge on any atom is -0.491 e. The predicted molar refractivity (Wildman–Crippen MR) is 67.1 cm³/mol. The van der Waals surface area contributed by atoms with Crippen LogP contribution in [-0.4, -0.2) is 16.6 Å². The van der Waals surface area contributed by atoms with Crippen molar-refractivity contribution in [2.75, 3.05) is 6.61 Å². The van der Waals surface area contributed by atoms with Crippen molar-refractivity contribution in [2.45, 2.75) is 12.8 Å². The smallest absolute Gasteiger partial charge is 0.165 e. The van der Waals surface area contributed by atoms with E-state index in [-0.39, 0.29) is 5.75 Å². The molecule has 1 unspecified atom stereocenters. The third kappa shape index (κ3) is 2.86. The highest BCUT2D eigenvalue weighted by Gasteiger charge is 2.17. The van der Waals surface area contributed by atoms with Gasteiger partial charge in [0, 0.05) is 12.4 Å². The molecule has 0 N–H and O–H groups in total. The molecule has 0 saturated heterocycles. The van der Waals surface area contributed by atoms with E-state index in [0.717, 1.165) is 0 Å². The summed E-state index contributed by atoms with van der Waals surface area (Å²) in [6, 6.07) is 6.59. The lowest BCUT2D eigenvalue weighted by Gasteiger charge is -2.10. The van der Waals surface area contributed by atoms with Gasteiger partial charge in [-0.25, -0.2) is 4.39 Å². The largest absolute Gasteiger partial charge is 0.491 e. The number of hydrogen-bond acceptors (Lipinski definition) is 4. The van der Waals surface area contributed by atoms with E-state index in [4.69, 9.17) is 4.74 Å².